The van der Waals surface area contributed by atoms with E-state index in [-0.39, 0.29) is 0 Å². The Morgan fingerprint density at radius 2 is 2.24 bits per heavy atom. The fourth-order valence-corrected chi connectivity index (χ4v) is 1.89. The van der Waals surface area contributed by atoms with Crippen LogP contribution in [0, 0.1) is 0 Å². The van der Waals surface area contributed by atoms with Gasteiger partial charge in [0, 0.05) is 10.9 Å². The first-order valence-corrected chi connectivity index (χ1v) is 6.38. The molecule has 2 N–H and O–H groups in total. The standard InChI is InChI=1S/C12H14BrN3O/c1-2-3-7-10-15-12(17-16-10)8-5-4-6-9(13)11(8)14/h4-6H,2-3,7,14H2,1H3. The van der Waals surface area contributed by atoms with Crippen molar-refractivity contribution >= 4 is 21.6 Å². The third-order valence-corrected chi connectivity index (χ3v) is 3.20. The molecule has 1 aromatic carbocycles. The summed E-state index contributed by atoms with van der Waals surface area (Å²) in [5.74, 6) is 1.22. The Bertz CT molecular complexity index is 510. The van der Waals surface area contributed by atoms with Gasteiger partial charge in [0.1, 0.15) is 0 Å². The van der Waals surface area contributed by atoms with E-state index in [1.54, 1.807) is 0 Å². The van der Waals surface area contributed by atoms with Crippen LogP contribution in [0.4, 0.5) is 5.69 Å². The second kappa shape index (κ2) is 5.31. The number of aryl methyl sites for hydroxylation is 1. The second-order valence-corrected chi connectivity index (χ2v) is 4.67. The number of nitrogen functional groups attached to an aromatic ring is 1. The smallest absolute Gasteiger partial charge is 0.260 e. The number of nitrogens with zero attached hydrogens (tertiary/aromatic N) is 2. The first-order chi connectivity index (χ1) is 8.22. The topological polar surface area (TPSA) is 64.9 Å². The van der Waals surface area contributed by atoms with Gasteiger partial charge >= 0.3 is 0 Å². The molecular weight excluding hydrogens is 282 g/mol. The van der Waals surface area contributed by atoms with Gasteiger partial charge in [0.05, 0.1) is 11.3 Å². The van der Waals surface area contributed by atoms with Gasteiger partial charge in [0.2, 0.25) is 0 Å². The molecule has 0 fully saturated rings. The molecule has 0 spiro atoms. The van der Waals surface area contributed by atoms with Crippen molar-refractivity contribution in [1.82, 2.24) is 10.1 Å². The number of anilines is 1. The van der Waals surface area contributed by atoms with Gasteiger partial charge in [-0.2, -0.15) is 4.98 Å². The van der Waals surface area contributed by atoms with Crippen LogP contribution >= 0.6 is 15.9 Å². The summed E-state index contributed by atoms with van der Waals surface area (Å²) in [6.45, 7) is 2.13. The van der Waals surface area contributed by atoms with Crippen molar-refractivity contribution in [2.75, 3.05) is 5.73 Å². The van der Waals surface area contributed by atoms with Crippen LogP contribution in [0.2, 0.25) is 0 Å². The van der Waals surface area contributed by atoms with Crippen LogP contribution in [0.5, 0.6) is 0 Å². The largest absolute Gasteiger partial charge is 0.397 e. The van der Waals surface area contributed by atoms with Crippen molar-refractivity contribution in [3.05, 3.63) is 28.5 Å². The quantitative estimate of drug-likeness (QED) is 0.878. The first-order valence-electron chi connectivity index (χ1n) is 5.59. The maximum Gasteiger partial charge on any atom is 0.260 e. The van der Waals surface area contributed by atoms with Gasteiger partial charge < -0.3 is 10.3 Å². The molecule has 0 aliphatic heterocycles. The molecule has 4 nitrogen and oxygen atoms in total. The average molecular weight is 296 g/mol. The maximum atomic E-state index is 5.95. The molecule has 17 heavy (non-hydrogen) atoms. The van der Waals surface area contributed by atoms with Gasteiger partial charge in [-0.3, -0.25) is 0 Å². The highest BCUT2D eigenvalue weighted by Crippen LogP contribution is 2.30. The monoisotopic (exact) mass is 295 g/mol. The van der Waals surface area contributed by atoms with Gasteiger partial charge in [-0.25, -0.2) is 0 Å². The molecule has 90 valence electrons. The summed E-state index contributed by atoms with van der Waals surface area (Å²) in [5.41, 5.74) is 7.35. The summed E-state index contributed by atoms with van der Waals surface area (Å²) >= 11 is 3.38. The van der Waals surface area contributed by atoms with Gasteiger partial charge in [-0.1, -0.05) is 24.6 Å². The lowest BCUT2D eigenvalue weighted by Crippen LogP contribution is -1.92. The van der Waals surface area contributed by atoms with Crippen molar-refractivity contribution in [3.63, 3.8) is 0 Å². The lowest BCUT2D eigenvalue weighted by Gasteiger charge is -2.01. The second-order valence-electron chi connectivity index (χ2n) is 3.82. The molecule has 0 aliphatic rings. The highest BCUT2D eigenvalue weighted by Gasteiger charge is 2.12. The zero-order valence-corrected chi connectivity index (χ0v) is 11.2. The van der Waals surface area contributed by atoms with Crippen molar-refractivity contribution in [2.24, 2.45) is 0 Å². The van der Waals surface area contributed by atoms with E-state index in [9.17, 15) is 0 Å². The highest BCUT2D eigenvalue weighted by molar-refractivity contribution is 9.10. The molecule has 1 heterocycles. The molecule has 0 saturated heterocycles. The Kier molecular flexibility index (Phi) is 3.78. The molecule has 0 unspecified atom stereocenters. The molecule has 5 heteroatoms. The first kappa shape index (κ1) is 12.1. The van der Waals surface area contributed by atoms with Crippen molar-refractivity contribution < 1.29 is 4.52 Å². The lowest BCUT2D eigenvalue weighted by molar-refractivity contribution is 0.421. The Morgan fingerprint density at radius 3 is 3.00 bits per heavy atom. The number of hydrogen-bond acceptors (Lipinski definition) is 4. The maximum absolute atomic E-state index is 5.95. The molecule has 0 saturated carbocycles. The fourth-order valence-electron chi connectivity index (χ4n) is 1.52. The normalized spacial score (nSPS) is 10.7. The van der Waals surface area contributed by atoms with Crippen LogP contribution in [0.3, 0.4) is 0 Å². The SMILES string of the molecule is CCCCc1noc(-c2cccc(Br)c2N)n1. The van der Waals surface area contributed by atoms with E-state index >= 15 is 0 Å². The van der Waals surface area contributed by atoms with E-state index in [2.05, 4.69) is 33.0 Å². The average Bonchev–Trinajstić information content (AvgIpc) is 2.78. The van der Waals surface area contributed by atoms with Crippen LogP contribution in [0.1, 0.15) is 25.6 Å². The zero-order valence-electron chi connectivity index (χ0n) is 9.61. The van der Waals surface area contributed by atoms with Gasteiger partial charge in [0.25, 0.3) is 5.89 Å². The molecule has 1 aromatic heterocycles. The predicted molar refractivity (Wildman–Crippen MR) is 70.5 cm³/mol. The molecule has 0 aliphatic carbocycles. The number of rotatable bonds is 4. The third-order valence-electron chi connectivity index (χ3n) is 2.51. The minimum absolute atomic E-state index is 0.481. The number of halogens is 1. The summed E-state index contributed by atoms with van der Waals surface area (Å²) in [7, 11) is 0. The van der Waals surface area contributed by atoms with Crippen molar-refractivity contribution in [2.45, 2.75) is 26.2 Å². The summed E-state index contributed by atoms with van der Waals surface area (Å²) in [4.78, 5) is 4.34. The minimum atomic E-state index is 0.481. The van der Waals surface area contributed by atoms with Crippen LogP contribution in [0.15, 0.2) is 27.2 Å². The van der Waals surface area contributed by atoms with E-state index in [4.69, 9.17) is 10.3 Å². The number of para-hydroxylation sites is 1. The summed E-state index contributed by atoms with van der Waals surface area (Å²) in [5, 5.41) is 3.94. The summed E-state index contributed by atoms with van der Waals surface area (Å²) in [6.07, 6.45) is 3.02. The number of aromatic nitrogens is 2. The Balaban J connectivity index is 2.27. The molecule has 2 rings (SSSR count). The van der Waals surface area contributed by atoms with Crippen LogP contribution in [-0.4, -0.2) is 10.1 Å². The fraction of sp³-hybridized carbons (Fsp3) is 0.333. The number of benzene rings is 1. The van der Waals surface area contributed by atoms with Crippen LogP contribution < -0.4 is 5.73 Å². The van der Waals surface area contributed by atoms with E-state index < -0.39 is 0 Å². The molecule has 0 atom stereocenters. The van der Waals surface area contributed by atoms with Crippen LogP contribution in [0.25, 0.3) is 11.5 Å². The van der Waals surface area contributed by atoms with Gasteiger partial charge in [0.15, 0.2) is 5.82 Å². The Morgan fingerprint density at radius 1 is 1.41 bits per heavy atom. The number of unbranched alkanes of at least 4 members (excludes halogenated alkanes) is 1. The van der Waals surface area contributed by atoms with Gasteiger partial charge in [-0.05, 0) is 34.5 Å². The predicted octanol–water partition coefficient (Wildman–Crippen LogP) is 3.42. The molecular formula is C12H14BrN3O. The van der Waals surface area contributed by atoms with E-state index in [0.29, 0.717) is 11.6 Å². The molecule has 0 amide bonds. The zero-order chi connectivity index (χ0) is 12.3. The lowest BCUT2D eigenvalue weighted by atomic mass is 10.2. The Hall–Kier alpha value is -1.36. The Labute approximate surface area is 108 Å². The molecule has 0 bridgehead atoms. The minimum Gasteiger partial charge on any atom is -0.397 e. The molecule has 2 aromatic rings. The summed E-state index contributed by atoms with van der Waals surface area (Å²) in [6, 6.07) is 5.65. The molecule has 0 radical (unpaired) electrons. The van der Waals surface area contributed by atoms with E-state index in [1.807, 2.05) is 18.2 Å². The van der Waals surface area contributed by atoms with Crippen molar-refractivity contribution in [3.8, 4) is 11.5 Å². The van der Waals surface area contributed by atoms with E-state index in [0.717, 1.165) is 35.1 Å². The van der Waals surface area contributed by atoms with Crippen LogP contribution in [-0.2, 0) is 6.42 Å². The summed E-state index contributed by atoms with van der Waals surface area (Å²) < 4.78 is 6.06. The van der Waals surface area contributed by atoms with Gasteiger partial charge in [-0.15, -0.1) is 0 Å². The third kappa shape index (κ3) is 2.66. The van der Waals surface area contributed by atoms with E-state index in [1.165, 1.54) is 0 Å². The van der Waals surface area contributed by atoms with Crippen molar-refractivity contribution in [1.29, 1.82) is 0 Å². The highest BCUT2D eigenvalue weighted by atomic mass is 79.9. The number of hydrogen-bond donors (Lipinski definition) is 1. The number of nitrogens with two attached hydrogens (primary N) is 1.